The third kappa shape index (κ3) is 3.25. The standard InChI is InChI=1S/C15H23FN2O/c1-10(18-14-5-3-4-12(14)9-17)11-6-7-15(19-2)13(16)8-11/h6-8,10,12,14,18H,3-5,9,17H2,1-2H3. The van der Waals surface area contributed by atoms with Gasteiger partial charge in [-0.2, -0.15) is 0 Å². The second-order valence-corrected chi connectivity index (χ2v) is 5.32. The maximum Gasteiger partial charge on any atom is 0.165 e. The van der Waals surface area contributed by atoms with Gasteiger partial charge in [-0.3, -0.25) is 0 Å². The van der Waals surface area contributed by atoms with Crippen molar-refractivity contribution < 1.29 is 9.13 Å². The zero-order chi connectivity index (χ0) is 13.8. The summed E-state index contributed by atoms with van der Waals surface area (Å²) in [5.74, 6) is 0.526. The highest BCUT2D eigenvalue weighted by Gasteiger charge is 2.27. The molecule has 0 aliphatic heterocycles. The van der Waals surface area contributed by atoms with Crippen molar-refractivity contribution in [2.75, 3.05) is 13.7 Å². The molecule has 0 aromatic heterocycles. The van der Waals surface area contributed by atoms with E-state index in [9.17, 15) is 4.39 Å². The molecule has 4 heteroatoms. The summed E-state index contributed by atoms with van der Waals surface area (Å²) in [5.41, 5.74) is 6.73. The van der Waals surface area contributed by atoms with E-state index in [2.05, 4.69) is 12.2 Å². The van der Waals surface area contributed by atoms with Crippen LogP contribution in [0.3, 0.4) is 0 Å². The van der Waals surface area contributed by atoms with Crippen LogP contribution in [0.5, 0.6) is 5.75 Å². The first kappa shape index (κ1) is 14.3. The quantitative estimate of drug-likeness (QED) is 0.861. The number of methoxy groups -OCH3 is 1. The fourth-order valence-corrected chi connectivity index (χ4v) is 2.91. The molecular weight excluding hydrogens is 243 g/mol. The van der Waals surface area contributed by atoms with Gasteiger partial charge in [0.1, 0.15) is 0 Å². The van der Waals surface area contributed by atoms with Crippen molar-refractivity contribution in [2.45, 2.75) is 38.3 Å². The van der Waals surface area contributed by atoms with Gasteiger partial charge in [-0.1, -0.05) is 12.5 Å². The Balaban J connectivity index is 2.03. The lowest BCUT2D eigenvalue weighted by Gasteiger charge is -2.24. The Labute approximate surface area is 114 Å². The SMILES string of the molecule is COc1ccc(C(C)NC2CCCC2CN)cc1F. The van der Waals surface area contributed by atoms with Gasteiger partial charge in [0.25, 0.3) is 0 Å². The highest BCUT2D eigenvalue weighted by Crippen LogP contribution is 2.28. The second kappa shape index (κ2) is 6.35. The molecule has 0 radical (unpaired) electrons. The van der Waals surface area contributed by atoms with Crippen LogP contribution in [0, 0.1) is 11.7 Å². The number of hydrogen-bond donors (Lipinski definition) is 2. The molecule has 3 N–H and O–H groups in total. The van der Waals surface area contributed by atoms with Gasteiger partial charge in [-0.15, -0.1) is 0 Å². The fourth-order valence-electron chi connectivity index (χ4n) is 2.91. The first-order chi connectivity index (χ1) is 9.15. The van der Waals surface area contributed by atoms with E-state index in [1.54, 1.807) is 12.1 Å². The maximum absolute atomic E-state index is 13.7. The highest BCUT2D eigenvalue weighted by molar-refractivity contribution is 5.30. The van der Waals surface area contributed by atoms with Crippen molar-refractivity contribution in [2.24, 2.45) is 11.7 Å². The molecule has 106 valence electrons. The van der Waals surface area contributed by atoms with E-state index in [1.165, 1.54) is 20.0 Å². The third-order valence-corrected chi connectivity index (χ3v) is 4.10. The predicted molar refractivity (Wildman–Crippen MR) is 74.7 cm³/mol. The summed E-state index contributed by atoms with van der Waals surface area (Å²) in [5, 5.41) is 3.57. The number of rotatable bonds is 5. The molecule has 0 amide bonds. The summed E-state index contributed by atoms with van der Waals surface area (Å²) in [6, 6.07) is 5.70. The number of nitrogens with one attached hydrogen (secondary N) is 1. The second-order valence-electron chi connectivity index (χ2n) is 5.32. The van der Waals surface area contributed by atoms with E-state index in [4.69, 9.17) is 10.5 Å². The van der Waals surface area contributed by atoms with Gasteiger partial charge in [0.2, 0.25) is 0 Å². The van der Waals surface area contributed by atoms with Crippen LogP contribution in [0.4, 0.5) is 4.39 Å². The van der Waals surface area contributed by atoms with E-state index < -0.39 is 0 Å². The average molecular weight is 266 g/mol. The van der Waals surface area contributed by atoms with Crippen LogP contribution in [0.25, 0.3) is 0 Å². The lowest BCUT2D eigenvalue weighted by atomic mass is 10.0. The zero-order valence-corrected chi connectivity index (χ0v) is 11.7. The molecule has 0 spiro atoms. The van der Waals surface area contributed by atoms with Crippen molar-refractivity contribution in [1.82, 2.24) is 5.32 Å². The molecule has 1 saturated carbocycles. The van der Waals surface area contributed by atoms with Gasteiger partial charge in [0, 0.05) is 12.1 Å². The molecule has 3 unspecified atom stereocenters. The van der Waals surface area contributed by atoms with E-state index in [1.807, 2.05) is 6.07 Å². The summed E-state index contributed by atoms with van der Waals surface area (Å²) in [6.45, 7) is 2.79. The molecule has 0 bridgehead atoms. The molecule has 0 heterocycles. The molecule has 19 heavy (non-hydrogen) atoms. The van der Waals surface area contributed by atoms with Gasteiger partial charge >= 0.3 is 0 Å². The minimum absolute atomic E-state index is 0.123. The molecule has 1 aromatic rings. The number of ether oxygens (including phenoxy) is 1. The Bertz CT molecular complexity index is 425. The Morgan fingerprint density at radius 1 is 1.47 bits per heavy atom. The minimum atomic E-state index is -0.310. The lowest BCUT2D eigenvalue weighted by Crippen LogP contribution is -2.37. The minimum Gasteiger partial charge on any atom is -0.494 e. The van der Waals surface area contributed by atoms with E-state index in [0.29, 0.717) is 12.0 Å². The number of nitrogens with two attached hydrogens (primary N) is 1. The summed E-state index contributed by atoms with van der Waals surface area (Å²) >= 11 is 0. The Hall–Kier alpha value is -1.13. The monoisotopic (exact) mass is 266 g/mol. The number of halogens is 1. The van der Waals surface area contributed by atoms with Gasteiger partial charge < -0.3 is 15.8 Å². The maximum atomic E-state index is 13.7. The van der Waals surface area contributed by atoms with Crippen molar-refractivity contribution in [1.29, 1.82) is 0 Å². The topological polar surface area (TPSA) is 47.3 Å². The number of benzene rings is 1. The van der Waals surface area contributed by atoms with Crippen LogP contribution in [-0.2, 0) is 0 Å². The predicted octanol–water partition coefficient (Wildman–Crippen LogP) is 2.61. The molecule has 1 aromatic carbocycles. The molecule has 0 saturated heterocycles. The molecule has 3 atom stereocenters. The normalized spacial score (nSPS) is 24.4. The van der Waals surface area contributed by atoms with Crippen molar-refractivity contribution in [3.63, 3.8) is 0 Å². The van der Waals surface area contributed by atoms with Crippen molar-refractivity contribution in [3.8, 4) is 5.75 Å². The number of hydrogen-bond acceptors (Lipinski definition) is 3. The van der Waals surface area contributed by atoms with Gasteiger partial charge in [-0.25, -0.2) is 4.39 Å². The van der Waals surface area contributed by atoms with Crippen molar-refractivity contribution >= 4 is 0 Å². The van der Waals surface area contributed by atoms with Crippen LogP contribution < -0.4 is 15.8 Å². The third-order valence-electron chi connectivity index (χ3n) is 4.10. The molecule has 3 nitrogen and oxygen atoms in total. The molecule has 1 aliphatic rings. The van der Waals surface area contributed by atoms with Gasteiger partial charge in [0.15, 0.2) is 11.6 Å². The lowest BCUT2D eigenvalue weighted by molar-refractivity contribution is 0.369. The molecule has 1 fully saturated rings. The fraction of sp³-hybridized carbons (Fsp3) is 0.600. The molecular formula is C15H23FN2O. The Morgan fingerprint density at radius 3 is 2.89 bits per heavy atom. The van der Waals surface area contributed by atoms with E-state index >= 15 is 0 Å². The van der Waals surface area contributed by atoms with Crippen molar-refractivity contribution in [3.05, 3.63) is 29.6 Å². The van der Waals surface area contributed by atoms with Gasteiger partial charge in [-0.05, 0) is 49.9 Å². The van der Waals surface area contributed by atoms with Crippen LogP contribution in [0.15, 0.2) is 18.2 Å². The van der Waals surface area contributed by atoms with Crippen LogP contribution in [0.1, 0.15) is 37.8 Å². The zero-order valence-electron chi connectivity index (χ0n) is 11.7. The molecule has 1 aliphatic carbocycles. The van der Waals surface area contributed by atoms with Crippen LogP contribution in [-0.4, -0.2) is 19.7 Å². The summed E-state index contributed by atoms with van der Waals surface area (Å²) in [4.78, 5) is 0. The van der Waals surface area contributed by atoms with Crippen LogP contribution >= 0.6 is 0 Å². The smallest absolute Gasteiger partial charge is 0.165 e. The van der Waals surface area contributed by atoms with E-state index in [-0.39, 0.29) is 17.6 Å². The largest absolute Gasteiger partial charge is 0.494 e. The highest BCUT2D eigenvalue weighted by atomic mass is 19.1. The Kier molecular flexibility index (Phi) is 4.77. The summed E-state index contributed by atoms with van der Waals surface area (Å²) in [7, 11) is 1.48. The summed E-state index contributed by atoms with van der Waals surface area (Å²) in [6.07, 6.45) is 3.58. The summed E-state index contributed by atoms with van der Waals surface area (Å²) < 4.78 is 18.6. The average Bonchev–Trinajstić information content (AvgIpc) is 2.85. The first-order valence-corrected chi connectivity index (χ1v) is 6.95. The van der Waals surface area contributed by atoms with Gasteiger partial charge in [0.05, 0.1) is 7.11 Å². The Morgan fingerprint density at radius 2 is 2.26 bits per heavy atom. The van der Waals surface area contributed by atoms with E-state index in [0.717, 1.165) is 18.5 Å². The first-order valence-electron chi connectivity index (χ1n) is 6.95. The van der Waals surface area contributed by atoms with Crippen LogP contribution in [0.2, 0.25) is 0 Å². The molecule has 2 rings (SSSR count).